The average molecular weight is 381 g/mol. The van der Waals surface area contributed by atoms with Crippen LogP contribution in [0.4, 0.5) is 5.82 Å². The number of rotatable bonds is 5. The van der Waals surface area contributed by atoms with Gasteiger partial charge < -0.3 is 5.73 Å². The number of hydrogen-bond acceptors (Lipinski definition) is 4. The second kappa shape index (κ2) is 8.01. The van der Waals surface area contributed by atoms with E-state index < -0.39 is 0 Å². The summed E-state index contributed by atoms with van der Waals surface area (Å²) < 4.78 is 6.18. The molecule has 0 bridgehead atoms. The van der Waals surface area contributed by atoms with Gasteiger partial charge in [0.2, 0.25) is 0 Å². The zero-order valence-electron chi connectivity index (χ0n) is 16.3. The highest BCUT2D eigenvalue weighted by Crippen LogP contribution is 2.26. The normalized spacial score (nSPS) is 12.6. The lowest BCUT2D eigenvalue weighted by atomic mass is 10.1. The zero-order valence-corrected chi connectivity index (χ0v) is 17.1. The van der Waals surface area contributed by atoms with Crippen LogP contribution in [0.1, 0.15) is 32.0 Å². The van der Waals surface area contributed by atoms with Crippen LogP contribution in [-0.4, -0.2) is 21.0 Å². The smallest absolute Gasteiger partial charge is 0.199 e. The first kappa shape index (κ1) is 19.2. The van der Waals surface area contributed by atoms with E-state index in [1.54, 1.807) is 6.20 Å². The predicted octanol–water partition coefficient (Wildman–Crippen LogP) is 4.66. The summed E-state index contributed by atoms with van der Waals surface area (Å²) in [4.78, 5) is 9.08. The van der Waals surface area contributed by atoms with E-state index in [1.807, 2.05) is 42.5 Å². The average Bonchev–Trinajstić information content (AvgIpc) is 2.64. The molecular weight excluding hydrogens is 354 g/mol. The van der Waals surface area contributed by atoms with Crippen molar-refractivity contribution in [3.8, 4) is 17.0 Å². The molecule has 4 nitrogen and oxygen atoms in total. The molecule has 1 heterocycles. The largest absolute Gasteiger partial charge is 0.382 e. The number of nitrogens with two attached hydrogens (primary N) is 1. The molecule has 3 rings (SSSR count). The van der Waals surface area contributed by atoms with Crippen molar-refractivity contribution in [1.82, 2.24) is 9.97 Å². The van der Waals surface area contributed by atoms with Crippen LogP contribution in [0.15, 0.2) is 60.8 Å². The molecule has 0 radical (unpaired) electrons. The highest BCUT2D eigenvalue weighted by Gasteiger charge is 2.33. The van der Waals surface area contributed by atoms with Crippen LogP contribution in [0.5, 0.6) is 5.75 Å². The number of aromatic nitrogens is 2. The molecule has 0 saturated heterocycles. The Morgan fingerprint density at radius 3 is 2.30 bits per heavy atom. The summed E-state index contributed by atoms with van der Waals surface area (Å²) in [7, 11) is 0. The molecule has 27 heavy (non-hydrogen) atoms. The summed E-state index contributed by atoms with van der Waals surface area (Å²) in [5.74, 6) is 1.34. The lowest BCUT2D eigenvalue weighted by molar-refractivity contribution is 0.594. The fourth-order valence-electron chi connectivity index (χ4n) is 2.45. The van der Waals surface area contributed by atoms with Crippen molar-refractivity contribution in [2.75, 3.05) is 12.0 Å². The standard InChI is InChI=1S/C22H26N3OS/c1-22(2,3)27(4)26-18-12-10-17(11-13-18)20-15-24-21(23)19(25-20)14-16-8-6-5-7-9-16/h5-13,15H,14H2,1-4H3,(H2,23,24)/q+1. The molecule has 0 spiro atoms. The van der Waals surface area contributed by atoms with Gasteiger partial charge in [-0.1, -0.05) is 30.3 Å². The van der Waals surface area contributed by atoms with Gasteiger partial charge in [0.1, 0.15) is 12.1 Å². The predicted molar refractivity (Wildman–Crippen MR) is 115 cm³/mol. The van der Waals surface area contributed by atoms with E-state index in [0.29, 0.717) is 12.2 Å². The Labute approximate surface area is 164 Å². The SMILES string of the molecule is C[S+](Oc1ccc(-c2cnc(N)c(Cc3ccccc3)n2)cc1)C(C)(C)C. The van der Waals surface area contributed by atoms with Crippen molar-refractivity contribution in [1.29, 1.82) is 0 Å². The number of nitrogens with zero attached hydrogens (tertiary/aromatic N) is 2. The molecule has 2 aromatic carbocycles. The Bertz CT molecular complexity index is 890. The second-order valence-electron chi connectivity index (χ2n) is 7.42. The second-order valence-corrected chi connectivity index (χ2v) is 9.72. The van der Waals surface area contributed by atoms with Gasteiger partial charge in [0, 0.05) is 12.0 Å². The van der Waals surface area contributed by atoms with Crippen LogP contribution in [0, 0.1) is 0 Å². The first-order valence-electron chi connectivity index (χ1n) is 8.93. The zero-order chi connectivity index (χ0) is 19.4. The molecule has 0 saturated carbocycles. The summed E-state index contributed by atoms with van der Waals surface area (Å²) in [6.45, 7) is 6.55. The monoisotopic (exact) mass is 380 g/mol. The fraction of sp³-hybridized carbons (Fsp3) is 0.273. The van der Waals surface area contributed by atoms with Crippen LogP contribution >= 0.6 is 0 Å². The molecule has 1 aromatic heterocycles. The van der Waals surface area contributed by atoms with Gasteiger partial charge in [0.05, 0.1) is 17.6 Å². The van der Waals surface area contributed by atoms with Gasteiger partial charge in [-0.2, -0.15) is 0 Å². The third-order valence-electron chi connectivity index (χ3n) is 4.33. The highest BCUT2D eigenvalue weighted by atomic mass is 32.2. The van der Waals surface area contributed by atoms with Crippen molar-refractivity contribution < 1.29 is 4.18 Å². The van der Waals surface area contributed by atoms with E-state index in [1.165, 1.54) is 0 Å². The van der Waals surface area contributed by atoms with Gasteiger partial charge in [0.25, 0.3) is 0 Å². The molecule has 0 aliphatic heterocycles. The van der Waals surface area contributed by atoms with Crippen molar-refractivity contribution in [2.45, 2.75) is 31.9 Å². The third-order valence-corrected chi connectivity index (χ3v) is 6.49. The van der Waals surface area contributed by atoms with Gasteiger partial charge in [-0.05, 0) is 50.6 Å². The Morgan fingerprint density at radius 2 is 1.67 bits per heavy atom. The Morgan fingerprint density at radius 1 is 1.00 bits per heavy atom. The first-order valence-corrected chi connectivity index (χ1v) is 10.5. The highest BCUT2D eigenvalue weighted by molar-refractivity contribution is 7.93. The summed E-state index contributed by atoms with van der Waals surface area (Å²) in [5, 5.41) is 0. The number of hydrogen-bond donors (Lipinski definition) is 1. The molecule has 5 heteroatoms. The maximum absolute atomic E-state index is 6.06. The van der Waals surface area contributed by atoms with Gasteiger partial charge in [0.15, 0.2) is 21.7 Å². The Hall–Kier alpha value is -2.53. The van der Waals surface area contributed by atoms with Gasteiger partial charge >= 0.3 is 0 Å². The van der Waals surface area contributed by atoms with E-state index in [-0.39, 0.29) is 15.9 Å². The summed E-state index contributed by atoms with van der Waals surface area (Å²) in [6, 6.07) is 18.2. The Balaban J connectivity index is 1.79. The summed E-state index contributed by atoms with van der Waals surface area (Å²) in [5.41, 5.74) is 9.81. The topological polar surface area (TPSA) is 61.0 Å². The maximum atomic E-state index is 6.06. The molecule has 0 amide bonds. The van der Waals surface area contributed by atoms with Crippen LogP contribution < -0.4 is 9.92 Å². The molecule has 1 atom stereocenters. The minimum Gasteiger partial charge on any atom is -0.382 e. The maximum Gasteiger partial charge on any atom is 0.199 e. The lowest BCUT2D eigenvalue weighted by Gasteiger charge is -2.16. The Kier molecular flexibility index (Phi) is 5.71. The number of benzene rings is 2. The van der Waals surface area contributed by atoms with Crippen LogP contribution in [0.2, 0.25) is 0 Å². The van der Waals surface area contributed by atoms with Gasteiger partial charge in [-0.3, -0.25) is 4.18 Å². The summed E-state index contributed by atoms with van der Waals surface area (Å²) >= 11 is -0.163. The van der Waals surface area contributed by atoms with Gasteiger partial charge in [-0.15, -0.1) is 0 Å². The minimum atomic E-state index is -0.163. The quantitative estimate of drug-likeness (QED) is 0.654. The number of nitrogen functional groups attached to an aromatic ring is 1. The fourth-order valence-corrected chi connectivity index (χ4v) is 3.10. The van der Waals surface area contributed by atoms with E-state index in [0.717, 1.165) is 28.3 Å². The molecule has 0 aliphatic rings. The van der Waals surface area contributed by atoms with Gasteiger partial charge in [-0.25, -0.2) is 9.97 Å². The van der Waals surface area contributed by atoms with Crippen molar-refractivity contribution in [2.24, 2.45) is 0 Å². The van der Waals surface area contributed by atoms with Crippen LogP contribution in [0.3, 0.4) is 0 Å². The molecule has 3 aromatic rings. The summed E-state index contributed by atoms with van der Waals surface area (Å²) in [6.07, 6.45) is 4.51. The minimum absolute atomic E-state index is 0.118. The molecular formula is C22H26N3OS+. The van der Waals surface area contributed by atoms with Crippen molar-refractivity contribution >= 4 is 17.0 Å². The van der Waals surface area contributed by atoms with Crippen LogP contribution in [0.25, 0.3) is 11.3 Å². The van der Waals surface area contributed by atoms with E-state index in [2.05, 4.69) is 44.1 Å². The molecule has 140 valence electrons. The van der Waals surface area contributed by atoms with Crippen LogP contribution in [-0.2, 0) is 17.6 Å². The van der Waals surface area contributed by atoms with E-state index >= 15 is 0 Å². The van der Waals surface area contributed by atoms with Crippen molar-refractivity contribution in [3.63, 3.8) is 0 Å². The number of anilines is 1. The lowest BCUT2D eigenvalue weighted by Crippen LogP contribution is -2.31. The molecule has 1 unspecified atom stereocenters. The molecule has 0 fully saturated rings. The first-order chi connectivity index (χ1) is 12.8. The molecule has 0 aliphatic carbocycles. The molecule has 2 N–H and O–H groups in total. The third kappa shape index (κ3) is 5.01. The van der Waals surface area contributed by atoms with Crippen molar-refractivity contribution in [3.05, 3.63) is 72.1 Å². The van der Waals surface area contributed by atoms with E-state index in [4.69, 9.17) is 14.9 Å². The van der Waals surface area contributed by atoms with E-state index in [9.17, 15) is 0 Å².